The molecule has 348 valence electrons. The predicted octanol–water partition coefficient (Wildman–Crippen LogP) is 13.1. The molecule has 72 heavy (non-hydrogen) atoms. The lowest BCUT2D eigenvalue weighted by Gasteiger charge is -2.46. The fraction of sp³-hybridized carbons (Fsp3) is 0.118. The molecular formula is C68H59BN2Si. The Balaban J connectivity index is 1.24. The molecule has 10 aromatic carbocycles. The molecule has 0 bridgehead atoms. The lowest BCUT2D eigenvalue weighted by molar-refractivity contribution is 0.590. The van der Waals surface area contributed by atoms with E-state index in [1.54, 1.807) is 0 Å². The van der Waals surface area contributed by atoms with Gasteiger partial charge in [-0.1, -0.05) is 248 Å². The molecule has 0 atom stereocenters. The standard InChI is InChI=1S/C68H59BN2Si/c1-67(2,3)51-36-39-53(40-37-51)70-62-42-38-52(68(4,5)6)46-59(62)69-60-47-57(72(54-28-16-9-17-29-54,55-30-18-10-19-31-55)56-32-20-11-21-33-56)41-43-63(60)71(61-35-23-22-34-58(61)49-26-14-8-15-27-49)65-45-50(44-64(70)66(65)69)48-24-12-7-13-25-48/h7-47H,1-6H3. The van der Waals surface area contributed by atoms with E-state index < -0.39 is 8.07 Å². The maximum atomic E-state index is 2.65. The van der Waals surface area contributed by atoms with Gasteiger partial charge >= 0.3 is 0 Å². The Hall–Kier alpha value is -7.92. The van der Waals surface area contributed by atoms with Crippen molar-refractivity contribution in [1.82, 2.24) is 0 Å². The molecule has 0 saturated carbocycles. The smallest absolute Gasteiger partial charge is 0.252 e. The van der Waals surface area contributed by atoms with E-state index in [1.165, 1.54) is 93.3 Å². The highest BCUT2D eigenvalue weighted by Gasteiger charge is 2.47. The molecular weight excluding hydrogens is 884 g/mol. The minimum absolute atomic E-state index is 0.0171. The van der Waals surface area contributed by atoms with Gasteiger partial charge in [0.2, 0.25) is 0 Å². The van der Waals surface area contributed by atoms with Gasteiger partial charge in [-0.3, -0.25) is 0 Å². The van der Waals surface area contributed by atoms with E-state index in [-0.39, 0.29) is 17.5 Å². The highest BCUT2D eigenvalue weighted by molar-refractivity contribution is 7.20. The number of fused-ring (bicyclic) bond motifs is 4. The number of para-hydroxylation sites is 1. The zero-order valence-electron chi connectivity index (χ0n) is 42.1. The molecule has 4 heteroatoms. The Morgan fingerprint density at radius 1 is 0.319 bits per heavy atom. The van der Waals surface area contributed by atoms with E-state index >= 15 is 0 Å². The number of benzene rings is 10. The maximum absolute atomic E-state index is 2.96. The Bertz CT molecular complexity index is 3490. The van der Waals surface area contributed by atoms with Crippen LogP contribution in [0.1, 0.15) is 52.7 Å². The van der Waals surface area contributed by atoms with Gasteiger partial charge in [-0.25, -0.2) is 0 Å². The topological polar surface area (TPSA) is 6.48 Å². The molecule has 2 aliphatic rings. The summed E-state index contributed by atoms with van der Waals surface area (Å²) in [7, 11) is -2.96. The first-order valence-electron chi connectivity index (χ1n) is 25.5. The van der Waals surface area contributed by atoms with Gasteiger partial charge in [0.25, 0.3) is 6.71 Å². The molecule has 0 saturated heterocycles. The lowest BCUT2D eigenvalue weighted by Crippen LogP contribution is -2.75. The predicted molar refractivity (Wildman–Crippen MR) is 312 cm³/mol. The molecule has 12 rings (SSSR count). The van der Waals surface area contributed by atoms with Gasteiger partial charge in [-0.15, -0.1) is 0 Å². The fourth-order valence-electron chi connectivity index (χ4n) is 11.7. The van der Waals surface area contributed by atoms with Crippen LogP contribution in [0.4, 0.5) is 34.1 Å². The van der Waals surface area contributed by atoms with Crippen molar-refractivity contribution in [3.63, 3.8) is 0 Å². The van der Waals surface area contributed by atoms with Gasteiger partial charge in [0, 0.05) is 34.0 Å². The molecule has 0 N–H and O–H groups in total. The maximum Gasteiger partial charge on any atom is 0.252 e. The molecule has 2 aliphatic heterocycles. The average molecular weight is 943 g/mol. The zero-order chi connectivity index (χ0) is 49.2. The first-order chi connectivity index (χ1) is 35.0. The van der Waals surface area contributed by atoms with Crippen LogP contribution in [0.25, 0.3) is 22.3 Å². The third-order valence-electron chi connectivity index (χ3n) is 15.3. The van der Waals surface area contributed by atoms with Gasteiger partial charge in [0.15, 0.2) is 8.07 Å². The zero-order valence-corrected chi connectivity index (χ0v) is 43.1. The first-order valence-corrected chi connectivity index (χ1v) is 27.5. The van der Waals surface area contributed by atoms with Crippen LogP contribution >= 0.6 is 0 Å². The molecule has 10 aromatic rings. The van der Waals surface area contributed by atoms with Crippen molar-refractivity contribution in [2.24, 2.45) is 0 Å². The highest BCUT2D eigenvalue weighted by Crippen LogP contribution is 2.48. The molecule has 0 amide bonds. The van der Waals surface area contributed by atoms with Crippen LogP contribution in [0.3, 0.4) is 0 Å². The van der Waals surface area contributed by atoms with Crippen LogP contribution in [-0.4, -0.2) is 14.8 Å². The van der Waals surface area contributed by atoms with E-state index in [9.17, 15) is 0 Å². The second-order valence-electron chi connectivity index (χ2n) is 21.7. The Kier molecular flexibility index (Phi) is 11.1. The summed E-state index contributed by atoms with van der Waals surface area (Å²) in [6.07, 6.45) is 0. The first kappa shape index (κ1) is 45.2. The van der Waals surface area contributed by atoms with Crippen molar-refractivity contribution in [1.29, 1.82) is 0 Å². The van der Waals surface area contributed by atoms with Crippen LogP contribution in [0.5, 0.6) is 0 Å². The molecule has 2 heterocycles. The summed E-state index contributed by atoms with van der Waals surface area (Å²) in [5, 5.41) is 5.45. The molecule has 2 nitrogen and oxygen atoms in total. The van der Waals surface area contributed by atoms with Crippen molar-refractivity contribution in [3.8, 4) is 22.3 Å². The number of hydrogen-bond donors (Lipinski definition) is 0. The third-order valence-corrected chi connectivity index (χ3v) is 20.1. The number of rotatable bonds is 8. The second-order valence-corrected chi connectivity index (χ2v) is 25.5. The van der Waals surface area contributed by atoms with Crippen molar-refractivity contribution in [3.05, 3.63) is 260 Å². The van der Waals surface area contributed by atoms with Gasteiger partial charge in [-0.2, -0.15) is 0 Å². The summed E-state index contributed by atoms with van der Waals surface area (Å²) >= 11 is 0. The number of hydrogen-bond acceptors (Lipinski definition) is 2. The SMILES string of the molecule is CC(C)(C)c1ccc(N2c3ccc(C(C)(C)C)cc3B3c4cc([Si](c5ccccc5)(c5ccccc5)c5ccccc5)ccc4N(c4ccccc4-c4ccccc4)c4cc(-c5ccccc5)cc2c43)cc1. The lowest BCUT2D eigenvalue weighted by atomic mass is 9.33. The van der Waals surface area contributed by atoms with E-state index in [0.29, 0.717) is 0 Å². The second kappa shape index (κ2) is 17.7. The van der Waals surface area contributed by atoms with Crippen LogP contribution in [0.2, 0.25) is 0 Å². The monoisotopic (exact) mass is 942 g/mol. The summed E-state index contributed by atoms with van der Waals surface area (Å²) in [6, 6.07) is 94.3. The minimum Gasteiger partial charge on any atom is -0.311 e. The third kappa shape index (κ3) is 7.56. The van der Waals surface area contributed by atoms with Gasteiger partial charge in [-0.05, 0) is 118 Å². The van der Waals surface area contributed by atoms with Crippen LogP contribution in [-0.2, 0) is 10.8 Å². The summed E-state index contributed by atoms with van der Waals surface area (Å²) in [5.41, 5.74) is 18.4. The van der Waals surface area contributed by atoms with E-state index in [2.05, 4.69) is 300 Å². The van der Waals surface area contributed by atoms with Gasteiger partial charge < -0.3 is 9.80 Å². The largest absolute Gasteiger partial charge is 0.311 e. The molecule has 0 radical (unpaired) electrons. The van der Waals surface area contributed by atoms with E-state index in [1.807, 2.05) is 0 Å². The fourth-order valence-corrected chi connectivity index (χ4v) is 16.5. The summed E-state index contributed by atoms with van der Waals surface area (Å²) < 4.78 is 0. The van der Waals surface area contributed by atoms with Gasteiger partial charge in [0.1, 0.15) is 0 Å². The summed E-state index contributed by atoms with van der Waals surface area (Å²) in [5.74, 6) is 0. The minimum atomic E-state index is -2.96. The molecule has 0 unspecified atom stereocenters. The molecule has 0 aliphatic carbocycles. The van der Waals surface area contributed by atoms with E-state index in [0.717, 1.165) is 11.4 Å². The summed E-state index contributed by atoms with van der Waals surface area (Å²) in [4.78, 5) is 5.18. The van der Waals surface area contributed by atoms with Crippen molar-refractivity contribution in [2.75, 3.05) is 9.80 Å². The van der Waals surface area contributed by atoms with Crippen LogP contribution in [0, 0.1) is 0 Å². The normalized spacial score (nSPS) is 13.1. The molecule has 0 fully saturated rings. The number of nitrogens with zero attached hydrogens (tertiary/aromatic N) is 2. The van der Waals surface area contributed by atoms with Crippen molar-refractivity contribution >= 4 is 86.0 Å². The Labute approximate surface area is 428 Å². The Morgan fingerprint density at radius 3 is 1.32 bits per heavy atom. The number of anilines is 6. The molecule has 0 aromatic heterocycles. The van der Waals surface area contributed by atoms with Gasteiger partial charge in [0.05, 0.1) is 5.69 Å². The van der Waals surface area contributed by atoms with Crippen molar-refractivity contribution < 1.29 is 0 Å². The summed E-state index contributed by atoms with van der Waals surface area (Å²) in [6.45, 7) is 13.9. The Morgan fingerprint density at radius 2 is 0.764 bits per heavy atom. The highest BCUT2D eigenvalue weighted by atomic mass is 28.3. The van der Waals surface area contributed by atoms with Crippen LogP contribution in [0.15, 0.2) is 249 Å². The van der Waals surface area contributed by atoms with Crippen LogP contribution < -0.4 is 46.9 Å². The average Bonchev–Trinajstić information content (AvgIpc) is 3.42. The quantitative estimate of drug-likeness (QED) is 0.111. The van der Waals surface area contributed by atoms with E-state index in [4.69, 9.17) is 0 Å². The van der Waals surface area contributed by atoms with Crippen molar-refractivity contribution in [2.45, 2.75) is 52.4 Å². The molecule has 0 spiro atoms.